The molecule has 2 amide bonds. The molecule has 290 valence electrons. The van der Waals surface area contributed by atoms with E-state index in [4.69, 9.17) is 28.6 Å². The number of amides is 2. The van der Waals surface area contributed by atoms with Gasteiger partial charge in [-0.2, -0.15) is 12.7 Å². The molecule has 53 heavy (non-hydrogen) atoms. The monoisotopic (exact) mass is 777 g/mol. The second-order valence-electron chi connectivity index (χ2n) is 13.5. The third-order valence-corrected chi connectivity index (χ3v) is 10.2. The van der Waals surface area contributed by atoms with Gasteiger partial charge in [-0.25, -0.2) is 18.0 Å². The molecule has 2 aromatic carbocycles. The van der Waals surface area contributed by atoms with Crippen molar-refractivity contribution < 1.29 is 49.7 Å². The van der Waals surface area contributed by atoms with E-state index in [0.29, 0.717) is 10.6 Å². The Bertz CT molecular complexity index is 1960. The van der Waals surface area contributed by atoms with E-state index in [1.807, 2.05) is 0 Å². The van der Waals surface area contributed by atoms with Crippen LogP contribution in [0.4, 0.5) is 9.59 Å². The normalized spacial score (nSPS) is 12.2. The maximum Gasteiger partial charge on any atom is 0.442 e. The number of carbonyl (C=O) groups is 2. The van der Waals surface area contributed by atoms with Gasteiger partial charge in [0.25, 0.3) is 0 Å². The van der Waals surface area contributed by atoms with Crippen molar-refractivity contribution in [1.29, 1.82) is 5.41 Å². The number of hydroxylamine groups is 2. The molecule has 0 unspecified atom stereocenters. The molecule has 0 aliphatic carbocycles. The smallest absolute Gasteiger partial charge is 0.442 e. The number of pyridine rings is 1. The number of aromatic nitrogens is 1. The first-order valence-electron chi connectivity index (χ1n) is 16.5. The molecule has 3 aromatic rings. The first-order chi connectivity index (χ1) is 24.6. The van der Waals surface area contributed by atoms with E-state index in [-0.39, 0.29) is 49.8 Å². The molecule has 0 saturated carbocycles. The molecule has 0 aliphatic heterocycles. The van der Waals surface area contributed by atoms with Crippen LogP contribution in [0.15, 0.2) is 76.8 Å². The lowest BCUT2D eigenvalue weighted by Gasteiger charge is -2.27. The van der Waals surface area contributed by atoms with Crippen molar-refractivity contribution in [3.63, 3.8) is 0 Å². The summed E-state index contributed by atoms with van der Waals surface area (Å²) in [6.45, 7) is 12.9. The van der Waals surface area contributed by atoms with E-state index in [1.54, 1.807) is 79.1 Å². The second-order valence-corrected chi connectivity index (χ2v) is 16.9. The van der Waals surface area contributed by atoms with E-state index in [2.05, 4.69) is 10.3 Å². The van der Waals surface area contributed by atoms with Crippen molar-refractivity contribution in [3.8, 4) is 11.5 Å². The van der Waals surface area contributed by atoms with Crippen LogP contribution in [0.1, 0.15) is 66.0 Å². The highest BCUT2D eigenvalue weighted by Crippen LogP contribution is 2.31. The van der Waals surface area contributed by atoms with Crippen LogP contribution in [0.25, 0.3) is 0 Å². The van der Waals surface area contributed by atoms with Crippen LogP contribution in [0.3, 0.4) is 0 Å². The minimum Gasteiger partial charge on any atom is -0.493 e. The molecule has 1 aromatic heterocycles. The van der Waals surface area contributed by atoms with E-state index in [9.17, 15) is 26.4 Å². The molecule has 0 bridgehead atoms. The number of nitrogens with one attached hydrogen (secondary N) is 2. The predicted octanol–water partition coefficient (Wildman–Crippen LogP) is 5.77. The van der Waals surface area contributed by atoms with Crippen molar-refractivity contribution in [3.05, 3.63) is 78.1 Å². The summed E-state index contributed by atoms with van der Waals surface area (Å²) in [6.07, 6.45) is 1.23. The molecule has 0 atom stereocenters. The fraction of sp³-hybridized carbons (Fsp3) is 0.429. The number of hydrogen-bond donors (Lipinski definition) is 2. The minimum absolute atomic E-state index is 0.00495. The molecular formula is C35H47N5O11S2. The van der Waals surface area contributed by atoms with Crippen molar-refractivity contribution in [2.24, 2.45) is 0 Å². The molecule has 0 saturated heterocycles. The molecule has 2 N–H and O–H groups in total. The Hall–Kier alpha value is -4.78. The number of guanidine groups is 1. The summed E-state index contributed by atoms with van der Waals surface area (Å²) in [5, 5.41) is 10.8. The van der Waals surface area contributed by atoms with Crippen LogP contribution in [0, 0.1) is 12.3 Å². The number of sulfonamides is 1. The van der Waals surface area contributed by atoms with Crippen LogP contribution in [0.2, 0.25) is 0 Å². The zero-order valence-corrected chi connectivity index (χ0v) is 32.7. The van der Waals surface area contributed by atoms with Crippen LogP contribution in [-0.2, 0) is 41.0 Å². The van der Waals surface area contributed by atoms with Gasteiger partial charge in [-0.15, -0.1) is 5.06 Å². The maximum absolute atomic E-state index is 13.9. The summed E-state index contributed by atoms with van der Waals surface area (Å²) in [6, 6.07) is 13.2. The number of carbonyl (C=O) groups excluding carboxylic acids is 2. The Morgan fingerprint density at radius 2 is 1.49 bits per heavy atom. The van der Waals surface area contributed by atoms with Gasteiger partial charge in [0, 0.05) is 38.0 Å². The number of hydrogen-bond acceptors (Lipinski definition) is 13. The average molecular weight is 778 g/mol. The van der Waals surface area contributed by atoms with Crippen LogP contribution in [0.5, 0.6) is 11.5 Å². The summed E-state index contributed by atoms with van der Waals surface area (Å²) in [4.78, 5) is 33.4. The third-order valence-electron chi connectivity index (χ3n) is 6.67. The lowest BCUT2D eigenvalue weighted by molar-refractivity contribution is -0.104. The molecule has 0 spiro atoms. The molecule has 16 nitrogen and oxygen atoms in total. The van der Waals surface area contributed by atoms with Gasteiger partial charge in [-0.3, -0.25) is 20.5 Å². The Labute approximate surface area is 311 Å². The van der Waals surface area contributed by atoms with Crippen molar-refractivity contribution in [2.75, 3.05) is 19.8 Å². The van der Waals surface area contributed by atoms with E-state index < -0.39 is 59.3 Å². The summed E-state index contributed by atoms with van der Waals surface area (Å²) in [5.74, 6) is -0.653. The van der Waals surface area contributed by atoms with E-state index in [0.717, 1.165) is 0 Å². The molecule has 18 heteroatoms. The maximum atomic E-state index is 13.9. The first-order valence-corrected chi connectivity index (χ1v) is 19.4. The summed E-state index contributed by atoms with van der Waals surface area (Å²) in [5.41, 5.74) is -0.880. The van der Waals surface area contributed by atoms with Gasteiger partial charge in [0.05, 0.1) is 13.2 Å². The number of rotatable bonds is 14. The van der Waals surface area contributed by atoms with E-state index >= 15 is 0 Å². The van der Waals surface area contributed by atoms with Crippen molar-refractivity contribution >= 4 is 38.3 Å². The lowest BCUT2D eigenvalue weighted by Crippen LogP contribution is -2.49. The molecular weight excluding hydrogens is 731 g/mol. The fourth-order valence-corrected chi connectivity index (χ4v) is 7.91. The Kier molecular flexibility index (Phi) is 14.3. The molecule has 0 aliphatic rings. The molecule has 0 radical (unpaired) electrons. The highest BCUT2D eigenvalue weighted by molar-refractivity contribution is 7.91. The summed E-state index contributed by atoms with van der Waals surface area (Å²) < 4.78 is 77.8. The van der Waals surface area contributed by atoms with Crippen LogP contribution < -0.4 is 14.2 Å². The number of aryl methyl sites for hydroxylation is 1. The van der Waals surface area contributed by atoms with Gasteiger partial charge >= 0.3 is 22.3 Å². The molecule has 1 heterocycles. The van der Waals surface area contributed by atoms with Crippen LogP contribution >= 0.6 is 0 Å². The third kappa shape index (κ3) is 13.0. The molecule has 3 rings (SSSR count). The van der Waals surface area contributed by atoms with Gasteiger partial charge in [0.15, 0.2) is 0 Å². The Morgan fingerprint density at radius 1 is 0.868 bits per heavy atom. The van der Waals surface area contributed by atoms with Gasteiger partial charge in [0.2, 0.25) is 16.0 Å². The first kappa shape index (κ1) is 42.6. The zero-order valence-electron chi connectivity index (χ0n) is 31.0. The highest BCUT2D eigenvalue weighted by atomic mass is 32.2. The zero-order chi connectivity index (χ0) is 39.6. The van der Waals surface area contributed by atoms with E-state index in [1.165, 1.54) is 47.6 Å². The van der Waals surface area contributed by atoms with Crippen molar-refractivity contribution in [1.82, 2.24) is 19.7 Å². The summed E-state index contributed by atoms with van der Waals surface area (Å²) in [7, 11) is -8.97. The quantitative estimate of drug-likeness (QED) is 0.0659. The SMILES string of the molecule is CCN(Cc1ccncc1)S(=O)(=O)c1c(C)cccc1S(=O)(=O)Oc1cccc(OCCCON(C(=N)NC(=O)OC(C)(C)C)C(=O)OC(C)(C)C)c1. The standard InChI is InChI=1S/C35H47N5O11S2/c1-9-39(24-26-17-19-37-20-18-26)52(43,44)30-25(2)13-10-16-29(30)53(45,46)51-28-15-11-14-27(23-28)47-21-12-22-48-40(33(42)50-35(6,7)8)31(36)38-32(41)49-34(3,4)5/h10-11,13-20,23H,9,12,21-22,24H2,1-8H3,(H2,36,38,41). The summed E-state index contributed by atoms with van der Waals surface area (Å²) >= 11 is 0. The van der Waals surface area contributed by atoms with Gasteiger partial charge < -0.3 is 18.4 Å². The topological polar surface area (TPSA) is 204 Å². The van der Waals surface area contributed by atoms with Gasteiger partial charge in [-0.1, -0.05) is 25.1 Å². The number of nitrogens with zero attached hydrogens (tertiary/aromatic N) is 3. The predicted molar refractivity (Wildman–Crippen MR) is 194 cm³/mol. The Balaban J connectivity index is 1.70. The minimum atomic E-state index is -4.67. The number of ether oxygens (including phenoxy) is 3. The van der Waals surface area contributed by atoms with Crippen molar-refractivity contribution in [2.45, 2.75) is 89.3 Å². The van der Waals surface area contributed by atoms with Crippen LogP contribution in [-0.4, -0.2) is 80.3 Å². The average Bonchev–Trinajstić information content (AvgIpc) is 3.03. The van der Waals surface area contributed by atoms with Gasteiger partial charge in [0.1, 0.15) is 32.5 Å². The fourth-order valence-electron chi connectivity index (χ4n) is 4.50. The number of benzene rings is 2. The lowest BCUT2D eigenvalue weighted by atomic mass is 10.2. The largest absolute Gasteiger partial charge is 0.493 e. The highest BCUT2D eigenvalue weighted by Gasteiger charge is 2.34. The molecule has 0 fully saturated rings. The van der Waals surface area contributed by atoms with Gasteiger partial charge in [-0.05, 0) is 89.9 Å². The number of alkyl carbamates (subject to hydrolysis) is 1. The second kappa shape index (κ2) is 17.8. The Morgan fingerprint density at radius 3 is 2.11 bits per heavy atom.